The molecule has 1 aromatic rings. The number of benzene rings is 1. The molecule has 1 saturated heterocycles. The molecular formula is C24H36F2N2O. The molecule has 0 aromatic heterocycles. The highest BCUT2D eigenvalue weighted by molar-refractivity contribution is 5.83. The second kappa shape index (κ2) is 9.11. The summed E-state index contributed by atoms with van der Waals surface area (Å²) >= 11 is 0. The van der Waals surface area contributed by atoms with Crippen molar-refractivity contribution in [3.63, 3.8) is 0 Å². The predicted octanol–water partition coefficient (Wildman–Crippen LogP) is 4.56. The van der Waals surface area contributed by atoms with Crippen molar-refractivity contribution >= 4 is 5.91 Å². The van der Waals surface area contributed by atoms with E-state index in [0.29, 0.717) is 32.0 Å². The van der Waals surface area contributed by atoms with Crippen LogP contribution in [0.5, 0.6) is 0 Å². The van der Waals surface area contributed by atoms with Gasteiger partial charge in [0, 0.05) is 12.0 Å². The Kier molecular flexibility index (Phi) is 6.98. The van der Waals surface area contributed by atoms with Crippen molar-refractivity contribution in [2.24, 2.45) is 17.3 Å². The predicted molar refractivity (Wildman–Crippen MR) is 113 cm³/mol. The fourth-order valence-corrected chi connectivity index (χ4v) is 6.42. The summed E-state index contributed by atoms with van der Waals surface area (Å²) in [5.74, 6) is 1.33. The van der Waals surface area contributed by atoms with E-state index in [-0.39, 0.29) is 17.4 Å². The number of nitrogens with one attached hydrogen (secondary N) is 2. The van der Waals surface area contributed by atoms with Crippen LogP contribution in [0.4, 0.5) is 8.78 Å². The van der Waals surface area contributed by atoms with E-state index < -0.39 is 11.6 Å². The van der Waals surface area contributed by atoms with Crippen LogP contribution in [0.25, 0.3) is 0 Å². The van der Waals surface area contributed by atoms with Crippen LogP contribution in [0.15, 0.2) is 30.3 Å². The van der Waals surface area contributed by atoms with E-state index in [2.05, 4.69) is 54.8 Å². The number of carbonyl (C=O) groups is 1. The van der Waals surface area contributed by atoms with E-state index in [0.717, 1.165) is 25.8 Å². The minimum absolute atomic E-state index is 0.0663. The molecule has 5 heteroatoms. The Hall–Kier alpha value is -1.49. The standard InChI is InChI=1S/C23H33FN2O.CH3F/c1-16-10-17-12-22(2,21(27)26-20-8-9-25-14-19(20)24)15-23(11-16,13-17)18-6-4-3-5-7-18;1-2/h3-7,16-17,19-20,25H,8-15H2,1-2H3,(H,26,27);1H3. The van der Waals surface area contributed by atoms with Crippen LogP contribution in [-0.2, 0) is 10.2 Å². The summed E-state index contributed by atoms with van der Waals surface area (Å²) in [5.41, 5.74) is 1.05. The average molecular weight is 407 g/mol. The number of fused-ring (bicyclic) bond motifs is 2. The van der Waals surface area contributed by atoms with Gasteiger partial charge in [0.2, 0.25) is 5.91 Å². The van der Waals surface area contributed by atoms with Gasteiger partial charge in [-0.1, -0.05) is 44.2 Å². The second-order valence-electron chi connectivity index (χ2n) is 9.79. The number of halogens is 2. The number of carbonyl (C=O) groups excluding carboxylic acids is 1. The normalized spacial score (nSPS) is 39.1. The molecule has 3 aliphatic rings. The number of hydrogen-bond donors (Lipinski definition) is 2. The lowest BCUT2D eigenvalue weighted by molar-refractivity contribution is -0.138. The van der Waals surface area contributed by atoms with Crippen molar-refractivity contribution in [1.82, 2.24) is 10.6 Å². The summed E-state index contributed by atoms with van der Waals surface area (Å²) in [7, 11) is 0.500. The Bertz CT molecular complexity index is 681. The zero-order valence-corrected chi connectivity index (χ0v) is 18.0. The summed E-state index contributed by atoms with van der Waals surface area (Å²) in [6.07, 6.45) is 5.03. The molecule has 1 heterocycles. The number of alkyl halides is 2. The molecule has 2 aliphatic carbocycles. The Balaban J connectivity index is 0.00000117. The van der Waals surface area contributed by atoms with E-state index in [9.17, 15) is 13.6 Å². The maximum absolute atomic E-state index is 14.2. The van der Waals surface area contributed by atoms with Gasteiger partial charge in [-0.3, -0.25) is 9.18 Å². The van der Waals surface area contributed by atoms with Gasteiger partial charge in [0.15, 0.2) is 0 Å². The first-order valence-corrected chi connectivity index (χ1v) is 11.0. The molecule has 0 radical (unpaired) electrons. The Morgan fingerprint density at radius 2 is 1.90 bits per heavy atom. The second-order valence-corrected chi connectivity index (χ2v) is 9.79. The molecule has 6 unspecified atom stereocenters. The Morgan fingerprint density at radius 1 is 1.17 bits per heavy atom. The highest BCUT2D eigenvalue weighted by Gasteiger charge is 2.53. The molecule has 162 valence electrons. The molecule has 4 rings (SSSR count). The summed E-state index contributed by atoms with van der Waals surface area (Å²) in [6.45, 7) is 5.59. The van der Waals surface area contributed by atoms with E-state index in [1.165, 1.54) is 18.4 Å². The van der Waals surface area contributed by atoms with Crippen molar-refractivity contribution in [3.05, 3.63) is 35.9 Å². The number of rotatable bonds is 3. The number of piperidine rings is 1. The van der Waals surface area contributed by atoms with Crippen LogP contribution in [0.1, 0.15) is 57.9 Å². The summed E-state index contributed by atoms with van der Waals surface area (Å²) in [4.78, 5) is 13.3. The summed E-state index contributed by atoms with van der Waals surface area (Å²) in [5, 5.41) is 6.16. The lowest BCUT2D eigenvalue weighted by Gasteiger charge is -2.54. The number of amides is 1. The van der Waals surface area contributed by atoms with Gasteiger partial charge in [0.1, 0.15) is 6.17 Å². The topological polar surface area (TPSA) is 41.1 Å². The van der Waals surface area contributed by atoms with Gasteiger partial charge in [0.25, 0.3) is 0 Å². The molecule has 3 fully saturated rings. The minimum Gasteiger partial charge on any atom is -0.350 e. The summed E-state index contributed by atoms with van der Waals surface area (Å²) < 4.78 is 23.7. The monoisotopic (exact) mass is 406 g/mol. The largest absolute Gasteiger partial charge is 0.350 e. The average Bonchev–Trinajstić information content (AvgIpc) is 2.71. The third-order valence-corrected chi connectivity index (χ3v) is 7.28. The first-order valence-electron chi connectivity index (χ1n) is 11.0. The fourth-order valence-electron chi connectivity index (χ4n) is 6.42. The van der Waals surface area contributed by atoms with Gasteiger partial charge in [-0.25, -0.2) is 4.39 Å². The zero-order chi connectivity index (χ0) is 21.1. The molecule has 0 spiro atoms. The van der Waals surface area contributed by atoms with Gasteiger partial charge < -0.3 is 10.6 Å². The maximum Gasteiger partial charge on any atom is 0.226 e. The van der Waals surface area contributed by atoms with E-state index in [4.69, 9.17) is 0 Å². The third kappa shape index (κ3) is 4.65. The molecule has 29 heavy (non-hydrogen) atoms. The fraction of sp³-hybridized carbons (Fsp3) is 0.708. The first kappa shape index (κ1) is 22.2. The molecule has 1 aromatic carbocycles. The highest BCUT2D eigenvalue weighted by atomic mass is 19.1. The molecule has 1 amide bonds. The molecule has 2 bridgehead atoms. The SMILES string of the molecule is CC1CC2CC(C)(C(=O)NC3CCNCC3F)CC(c3ccccc3)(C1)C2.CF. The van der Waals surface area contributed by atoms with Crippen molar-refractivity contribution in [2.45, 2.75) is 70.0 Å². The lowest BCUT2D eigenvalue weighted by Crippen LogP contribution is -2.57. The van der Waals surface area contributed by atoms with Crippen molar-refractivity contribution in [3.8, 4) is 0 Å². The van der Waals surface area contributed by atoms with E-state index >= 15 is 0 Å². The van der Waals surface area contributed by atoms with Gasteiger partial charge in [0.05, 0.1) is 13.2 Å². The highest BCUT2D eigenvalue weighted by Crippen LogP contribution is 2.58. The Morgan fingerprint density at radius 3 is 2.59 bits per heavy atom. The maximum atomic E-state index is 14.2. The van der Waals surface area contributed by atoms with Gasteiger partial charge in [-0.05, 0) is 67.9 Å². The third-order valence-electron chi connectivity index (χ3n) is 7.28. The molecule has 2 N–H and O–H groups in total. The smallest absolute Gasteiger partial charge is 0.226 e. The van der Waals surface area contributed by atoms with E-state index in [1.807, 2.05) is 0 Å². The summed E-state index contributed by atoms with van der Waals surface area (Å²) in [6, 6.07) is 10.4. The van der Waals surface area contributed by atoms with Crippen LogP contribution >= 0.6 is 0 Å². The first-order chi connectivity index (χ1) is 13.9. The van der Waals surface area contributed by atoms with Crippen LogP contribution < -0.4 is 10.6 Å². The molecular weight excluding hydrogens is 370 g/mol. The van der Waals surface area contributed by atoms with Crippen LogP contribution in [0.2, 0.25) is 0 Å². The Labute approximate surface area is 174 Å². The van der Waals surface area contributed by atoms with Crippen LogP contribution in [0.3, 0.4) is 0 Å². The molecule has 2 saturated carbocycles. The molecule has 3 nitrogen and oxygen atoms in total. The van der Waals surface area contributed by atoms with Crippen molar-refractivity contribution < 1.29 is 13.6 Å². The quantitative estimate of drug-likeness (QED) is 0.772. The molecule has 6 atom stereocenters. The van der Waals surface area contributed by atoms with Crippen LogP contribution in [-0.4, -0.2) is 38.4 Å². The van der Waals surface area contributed by atoms with Crippen molar-refractivity contribution in [1.29, 1.82) is 0 Å². The minimum atomic E-state index is -0.988. The van der Waals surface area contributed by atoms with Gasteiger partial charge in [-0.15, -0.1) is 0 Å². The molecule has 1 aliphatic heterocycles. The lowest BCUT2D eigenvalue weighted by atomic mass is 9.50. The van der Waals surface area contributed by atoms with Crippen LogP contribution in [0, 0.1) is 17.3 Å². The van der Waals surface area contributed by atoms with Gasteiger partial charge in [-0.2, -0.15) is 0 Å². The van der Waals surface area contributed by atoms with E-state index in [1.54, 1.807) is 0 Å². The number of hydrogen-bond acceptors (Lipinski definition) is 2. The van der Waals surface area contributed by atoms with Gasteiger partial charge >= 0.3 is 0 Å². The van der Waals surface area contributed by atoms with Crippen molar-refractivity contribution in [2.75, 3.05) is 20.3 Å². The zero-order valence-electron chi connectivity index (χ0n) is 18.0.